The molecule has 0 aliphatic carbocycles. The molecule has 2 aromatic carbocycles. The van der Waals surface area contributed by atoms with Crippen LogP contribution >= 0.6 is 34.8 Å². The van der Waals surface area contributed by atoms with Gasteiger partial charge in [-0.3, -0.25) is 4.79 Å². The molecular weight excluding hydrogens is 586 g/mol. The molecule has 1 atom stereocenters. The van der Waals surface area contributed by atoms with Crippen LogP contribution in [0.5, 0.6) is 0 Å². The molecule has 4 nitrogen and oxygen atoms in total. The minimum absolute atomic E-state index is 0.0700. The molecule has 38 heavy (non-hydrogen) atoms. The van der Waals surface area contributed by atoms with Gasteiger partial charge in [0.1, 0.15) is 11.7 Å². The lowest BCUT2D eigenvalue weighted by Crippen LogP contribution is -2.28. The van der Waals surface area contributed by atoms with E-state index in [1.165, 1.54) is 30.4 Å². The van der Waals surface area contributed by atoms with Crippen molar-refractivity contribution in [2.24, 2.45) is 0 Å². The van der Waals surface area contributed by atoms with E-state index in [0.717, 1.165) is 18.2 Å². The van der Waals surface area contributed by atoms with Gasteiger partial charge in [0.15, 0.2) is 5.78 Å². The molecule has 0 bridgehead atoms. The number of nitrogens with zero attached hydrogens (tertiary/aromatic N) is 3. The maximum Gasteiger partial charge on any atom is 0.417 e. The van der Waals surface area contributed by atoms with E-state index in [-0.39, 0.29) is 33.2 Å². The molecule has 202 valence electrons. The summed E-state index contributed by atoms with van der Waals surface area (Å²) in [4.78, 5) is 21.7. The predicted molar refractivity (Wildman–Crippen MR) is 130 cm³/mol. The summed E-state index contributed by atoms with van der Waals surface area (Å²) in [6.07, 6.45) is -7.36. The van der Waals surface area contributed by atoms with Crippen molar-refractivity contribution in [2.75, 3.05) is 18.5 Å². The summed E-state index contributed by atoms with van der Waals surface area (Å²) in [6.45, 7) is -0.557. The summed E-state index contributed by atoms with van der Waals surface area (Å²) in [7, 11) is 1.38. The molecule has 0 N–H and O–H groups in total. The Morgan fingerprint density at radius 2 is 1.58 bits per heavy atom. The summed E-state index contributed by atoms with van der Waals surface area (Å²) in [5, 5.41) is -0.877. The van der Waals surface area contributed by atoms with E-state index in [4.69, 9.17) is 34.8 Å². The number of rotatable bonds is 7. The molecule has 0 fully saturated rings. The number of anilines is 1. The number of likely N-dealkylation sites (N-methyl/N-ethyl adjacent to an activating group) is 1. The number of ketones is 1. The van der Waals surface area contributed by atoms with Crippen LogP contribution in [-0.4, -0.2) is 35.5 Å². The van der Waals surface area contributed by atoms with Crippen LogP contribution in [0.1, 0.15) is 33.0 Å². The molecule has 0 aliphatic rings. The average Bonchev–Trinajstić information content (AvgIpc) is 2.84. The van der Waals surface area contributed by atoms with Gasteiger partial charge in [-0.2, -0.15) is 26.3 Å². The van der Waals surface area contributed by atoms with E-state index in [1.54, 1.807) is 0 Å². The lowest BCUT2D eigenvalue weighted by molar-refractivity contribution is -0.140. The monoisotopic (exact) mass is 599 g/mol. The van der Waals surface area contributed by atoms with Gasteiger partial charge in [-0.1, -0.05) is 46.9 Å². The lowest BCUT2D eigenvalue weighted by atomic mass is 9.95. The van der Waals surface area contributed by atoms with Crippen molar-refractivity contribution in [1.82, 2.24) is 9.97 Å². The molecule has 1 unspecified atom stereocenters. The average molecular weight is 601 g/mol. The standard InChI is InChI=1S/C24H15Cl3F7N3O/c1-37(22-35-5-2-6-36-22)11-20(38)14-4-3-12(7-16(14)24(32,33)34)19(28)10-15(23(29,30)31)13-8-17(25)21(27)18(26)9-13/h2-10,15H,11H2,1H3/b19-10-. The molecule has 0 saturated carbocycles. The van der Waals surface area contributed by atoms with Gasteiger partial charge in [0, 0.05) is 30.6 Å². The van der Waals surface area contributed by atoms with Crippen molar-refractivity contribution >= 4 is 52.4 Å². The largest absolute Gasteiger partial charge is 0.417 e. The van der Waals surface area contributed by atoms with E-state index >= 15 is 4.39 Å². The maximum atomic E-state index is 15.0. The summed E-state index contributed by atoms with van der Waals surface area (Å²) >= 11 is 17.3. The Balaban J connectivity index is 2.01. The van der Waals surface area contributed by atoms with Gasteiger partial charge < -0.3 is 4.90 Å². The van der Waals surface area contributed by atoms with Crippen molar-refractivity contribution in [3.8, 4) is 0 Å². The molecular formula is C24H15Cl3F7N3O. The fourth-order valence-corrected chi connectivity index (χ4v) is 4.02. The highest BCUT2D eigenvalue weighted by Crippen LogP contribution is 2.42. The van der Waals surface area contributed by atoms with E-state index in [1.807, 2.05) is 0 Å². The van der Waals surface area contributed by atoms with Gasteiger partial charge in [0.25, 0.3) is 0 Å². The topological polar surface area (TPSA) is 46.1 Å². The molecule has 0 amide bonds. The zero-order chi connectivity index (χ0) is 28.4. The van der Waals surface area contributed by atoms with Crippen LogP contribution in [0.15, 0.2) is 54.9 Å². The van der Waals surface area contributed by atoms with Gasteiger partial charge in [0.2, 0.25) is 5.95 Å². The number of hydrogen-bond donors (Lipinski definition) is 0. The molecule has 0 spiro atoms. The van der Waals surface area contributed by atoms with Gasteiger partial charge in [0.05, 0.1) is 27.2 Å². The van der Waals surface area contributed by atoms with Crippen LogP contribution in [0.25, 0.3) is 5.83 Å². The highest BCUT2D eigenvalue weighted by Gasteiger charge is 2.41. The Bertz CT molecular complexity index is 1340. The smallest absolute Gasteiger partial charge is 0.336 e. The Hall–Kier alpha value is -2.89. The summed E-state index contributed by atoms with van der Waals surface area (Å²) in [5.74, 6) is -5.17. The van der Waals surface area contributed by atoms with Crippen molar-refractivity contribution in [3.05, 3.63) is 92.2 Å². The van der Waals surface area contributed by atoms with Gasteiger partial charge in [-0.15, -0.1) is 0 Å². The highest BCUT2D eigenvalue weighted by atomic mass is 35.5. The van der Waals surface area contributed by atoms with E-state index in [9.17, 15) is 31.1 Å². The van der Waals surface area contributed by atoms with Crippen molar-refractivity contribution in [2.45, 2.75) is 18.3 Å². The van der Waals surface area contributed by atoms with Crippen LogP contribution < -0.4 is 4.90 Å². The lowest BCUT2D eigenvalue weighted by Gasteiger charge is -2.20. The second-order valence-electron chi connectivity index (χ2n) is 7.92. The van der Waals surface area contributed by atoms with Crippen LogP contribution in [-0.2, 0) is 6.18 Å². The number of halogens is 10. The Morgan fingerprint density at radius 1 is 1.00 bits per heavy atom. The number of alkyl halides is 6. The fourth-order valence-electron chi connectivity index (χ4n) is 3.41. The number of aromatic nitrogens is 2. The molecule has 1 aromatic heterocycles. The summed E-state index contributed by atoms with van der Waals surface area (Å²) in [6, 6.07) is 4.91. The minimum atomic E-state index is -5.12. The third-order valence-corrected chi connectivity index (χ3v) is 6.40. The van der Waals surface area contributed by atoms with Crippen LogP contribution in [0.4, 0.5) is 36.7 Å². The van der Waals surface area contributed by atoms with E-state index in [2.05, 4.69) is 9.97 Å². The first kappa shape index (κ1) is 29.7. The van der Waals surface area contributed by atoms with Crippen LogP contribution in [0.3, 0.4) is 0 Å². The molecule has 0 radical (unpaired) electrons. The Morgan fingerprint density at radius 3 is 2.11 bits per heavy atom. The van der Waals surface area contributed by atoms with Crippen molar-refractivity contribution < 1.29 is 35.5 Å². The van der Waals surface area contributed by atoms with E-state index < -0.39 is 58.7 Å². The third-order valence-electron chi connectivity index (χ3n) is 5.21. The van der Waals surface area contributed by atoms with Gasteiger partial charge in [-0.25, -0.2) is 14.4 Å². The third kappa shape index (κ3) is 6.95. The summed E-state index contributed by atoms with van der Waals surface area (Å²) in [5.41, 5.74) is -3.73. The number of carbonyl (C=O) groups excluding carboxylic acids is 1. The second kappa shape index (κ2) is 11.5. The number of carbonyl (C=O) groups is 1. The van der Waals surface area contributed by atoms with Crippen LogP contribution in [0.2, 0.25) is 15.1 Å². The van der Waals surface area contributed by atoms with Gasteiger partial charge >= 0.3 is 12.4 Å². The second-order valence-corrected chi connectivity index (χ2v) is 9.11. The predicted octanol–water partition coefficient (Wildman–Crippen LogP) is 8.43. The number of allylic oxidation sites excluding steroid dienone is 1. The first-order valence-electron chi connectivity index (χ1n) is 10.4. The Kier molecular flexibility index (Phi) is 8.95. The first-order chi connectivity index (χ1) is 17.6. The minimum Gasteiger partial charge on any atom is -0.336 e. The molecule has 1 heterocycles. The van der Waals surface area contributed by atoms with Crippen molar-refractivity contribution in [3.63, 3.8) is 0 Å². The summed E-state index contributed by atoms with van der Waals surface area (Å²) < 4.78 is 97.7. The van der Waals surface area contributed by atoms with Crippen LogP contribution in [0, 0.1) is 0 Å². The molecule has 3 aromatic rings. The molecule has 0 aliphatic heterocycles. The zero-order valence-electron chi connectivity index (χ0n) is 19.0. The number of hydrogen-bond acceptors (Lipinski definition) is 4. The number of Topliss-reactive ketones (excluding diaryl/α,β-unsaturated/α-hetero) is 1. The number of benzene rings is 2. The zero-order valence-corrected chi connectivity index (χ0v) is 21.3. The quantitative estimate of drug-likeness (QED) is 0.155. The Labute approximate surface area is 226 Å². The molecule has 0 saturated heterocycles. The SMILES string of the molecule is CN(CC(=O)c1ccc(/C(F)=C/C(c2cc(Cl)c(Cl)c(Cl)c2)C(F)(F)F)cc1C(F)(F)F)c1ncccn1. The van der Waals surface area contributed by atoms with E-state index in [0.29, 0.717) is 6.07 Å². The van der Waals surface area contributed by atoms with Crippen molar-refractivity contribution in [1.29, 1.82) is 0 Å². The first-order valence-corrected chi connectivity index (χ1v) is 11.5. The maximum absolute atomic E-state index is 15.0. The highest BCUT2D eigenvalue weighted by molar-refractivity contribution is 6.48. The van der Waals surface area contributed by atoms with Gasteiger partial charge in [-0.05, 0) is 35.9 Å². The normalized spacial score (nSPS) is 13.4. The fraction of sp³-hybridized carbons (Fsp3) is 0.208. The molecule has 14 heteroatoms. The molecule has 3 rings (SSSR count).